The van der Waals surface area contributed by atoms with Crippen LogP contribution in [0.1, 0.15) is 39.2 Å². The number of nitrogens with zero attached hydrogens (tertiary/aromatic N) is 2. The van der Waals surface area contributed by atoms with E-state index in [0.29, 0.717) is 12.0 Å². The zero-order chi connectivity index (χ0) is 16.7. The summed E-state index contributed by atoms with van der Waals surface area (Å²) in [6.45, 7) is 12.6. The topological polar surface area (TPSA) is 26.7 Å². The third-order valence-electron chi connectivity index (χ3n) is 5.03. The second-order valence-corrected chi connectivity index (χ2v) is 7.54. The first-order chi connectivity index (χ1) is 11.1. The number of aliphatic hydroxyl groups excluding tert-OH is 1. The molecule has 0 aromatic heterocycles. The third kappa shape index (κ3) is 6.25. The van der Waals surface area contributed by atoms with E-state index in [1.54, 1.807) is 0 Å². The van der Waals surface area contributed by atoms with Gasteiger partial charge >= 0.3 is 0 Å². The maximum atomic E-state index is 9.42. The Balaban J connectivity index is 1.89. The van der Waals surface area contributed by atoms with Crippen LogP contribution in [0.3, 0.4) is 0 Å². The molecule has 130 valence electrons. The van der Waals surface area contributed by atoms with Gasteiger partial charge in [-0.3, -0.25) is 4.90 Å². The van der Waals surface area contributed by atoms with Crippen molar-refractivity contribution in [1.82, 2.24) is 9.80 Å². The van der Waals surface area contributed by atoms with Crippen molar-refractivity contribution in [3.63, 3.8) is 0 Å². The quantitative estimate of drug-likeness (QED) is 0.797. The summed E-state index contributed by atoms with van der Waals surface area (Å²) >= 11 is 0. The third-order valence-corrected chi connectivity index (χ3v) is 5.03. The Morgan fingerprint density at radius 1 is 1.13 bits per heavy atom. The van der Waals surface area contributed by atoms with Crippen molar-refractivity contribution in [1.29, 1.82) is 0 Å². The van der Waals surface area contributed by atoms with Crippen LogP contribution in [0.15, 0.2) is 30.3 Å². The van der Waals surface area contributed by atoms with Gasteiger partial charge in [0.2, 0.25) is 0 Å². The predicted octanol–water partition coefficient (Wildman–Crippen LogP) is 3.24. The number of benzene rings is 1. The number of likely N-dealkylation sites (tertiary alicyclic amines) is 1. The minimum absolute atomic E-state index is 0.275. The van der Waals surface area contributed by atoms with Crippen LogP contribution in [0, 0.1) is 11.8 Å². The van der Waals surface area contributed by atoms with Crippen molar-refractivity contribution < 1.29 is 5.11 Å². The molecule has 3 heteroatoms. The van der Waals surface area contributed by atoms with Crippen LogP contribution in [0.4, 0.5) is 0 Å². The van der Waals surface area contributed by atoms with Crippen molar-refractivity contribution in [3.05, 3.63) is 35.9 Å². The van der Waals surface area contributed by atoms with Crippen molar-refractivity contribution in [2.45, 2.75) is 46.2 Å². The monoisotopic (exact) mass is 318 g/mol. The van der Waals surface area contributed by atoms with Crippen molar-refractivity contribution in [3.8, 4) is 0 Å². The maximum absolute atomic E-state index is 9.42. The normalized spacial score (nSPS) is 18.7. The fourth-order valence-corrected chi connectivity index (χ4v) is 3.56. The van der Waals surface area contributed by atoms with Gasteiger partial charge in [0.25, 0.3) is 0 Å². The van der Waals surface area contributed by atoms with Gasteiger partial charge in [0, 0.05) is 32.3 Å². The number of aliphatic hydroxyl groups is 1. The molecule has 0 aliphatic carbocycles. The Bertz CT molecular complexity index is 427. The summed E-state index contributed by atoms with van der Waals surface area (Å²) in [6.07, 6.45) is 2.61. The van der Waals surface area contributed by atoms with E-state index in [1.165, 1.54) is 31.5 Å². The predicted molar refractivity (Wildman–Crippen MR) is 97.4 cm³/mol. The molecule has 1 aromatic carbocycles. The lowest BCUT2D eigenvalue weighted by atomic mass is 9.94. The fourth-order valence-electron chi connectivity index (χ4n) is 3.56. The summed E-state index contributed by atoms with van der Waals surface area (Å²) in [5.74, 6) is 1.13. The molecule has 2 rings (SSSR count). The van der Waals surface area contributed by atoms with E-state index < -0.39 is 0 Å². The molecule has 0 spiro atoms. The van der Waals surface area contributed by atoms with Gasteiger partial charge in [0.1, 0.15) is 0 Å². The molecule has 0 bridgehead atoms. The summed E-state index contributed by atoms with van der Waals surface area (Å²) in [7, 11) is 0. The van der Waals surface area contributed by atoms with Gasteiger partial charge in [-0.2, -0.15) is 0 Å². The maximum Gasteiger partial charge on any atom is 0.0468 e. The van der Waals surface area contributed by atoms with E-state index in [0.717, 1.165) is 25.6 Å². The van der Waals surface area contributed by atoms with Crippen LogP contribution < -0.4 is 0 Å². The standard InChI is InChI=1S/C20H34N2O/c1-17(2)22-11-9-20(10-12-22)15-21(13-18(3)16-23)14-19-7-5-4-6-8-19/h4-8,17-18,20,23H,9-16H2,1-3H3. The summed E-state index contributed by atoms with van der Waals surface area (Å²) < 4.78 is 0. The fraction of sp³-hybridized carbons (Fsp3) is 0.700. The molecule has 1 aromatic rings. The van der Waals surface area contributed by atoms with E-state index in [-0.39, 0.29) is 6.61 Å². The summed E-state index contributed by atoms with van der Waals surface area (Å²) in [5.41, 5.74) is 1.37. The van der Waals surface area contributed by atoms with Gasteiger partial charge in [-0.1, -0.05) is 37.3 Å². The first kappa shape index (κ1) is 18.4. The molecule has 1 atom stereocenters. The van der Waals surface area contributed by atoms with Crippen LogP contribution in [0.25, 0.3) is 0 Å². The molecule has 0 saturated carbocycles. The van der Waals surface area contributed by atoms with E-state index in [1.807, 2.05) is 0 Å². The lowest BCUT2D eigenvalue weighted by Gasteiger charge is -2.37. The van der Waals surface area contributed by atoms with Gasteiger partial charge in [0.05, 0.1) is 0 Å². The van der Waals surface area contributed by atoms with E-state index >= 15 is 0 Å². The van der Waals surface area contributed by atoms with E-state index in [2.05, 4.69) is 60.9 Å². The molecule has 1 aliphatic heterocycles. The highest BCUT2D eigenvalue weighted by Crippen LogP contribution is 2.21. The Morgan fingerprint density at radius 2 is 1.78 bits per heavy atom. The Kier molecular flexibility index (Phi) is 7.54. The molecule has 1 N–H and O–H groups in total. The van der Waals surface area contributed by atoms with Gasteiger partial charge in [0.15, 0.2) is 0 Å². The number of hydrogen-bond donors (Lipinski definition) is 1. The highest BCUT2D eigenvalue weighted by molar-refractivity contribution is 5.14. The van der Waals surface area contributed by atoms with Gasteiger partial charge < -0.3 is 10.0 Å². The average molecular weight is 319 g/mol. The van der Waals surface area contributed by atoms with Crippen molar-refractivity contribution >= 4 is 0 Å². The molecular formula is C20H34N2O. The molecule has 1 fully saturated rings. The molecule has 1 unspecified atom stereocenters. The first-order valence-electron chi connectivity index (χ1n) is 9.19. The second-order valence-electron chi connectivity index (χ2n) is 7.54. The Labute approximate surface area is 142 Å². The summed E-state index contributed by atoms with van der Waals surface area (Å²) in [5, 5.41) is 9.42. The van der Waals surface area contributed by atoms with Gasteiger partial charge in [-0.15, -0.1) is 0 Å². The van der Waals surface area contributed by atoms with Crippen LogP contribution in [-0.4, -0.2) is 53.7 Å². The first-order valence-corrected chi connectivity index (χ1v) is 9.19. The molecule has 23 heavy (non-hydrogen) atoms. The van der Waals surface area contributed by atoms with Crippen molar-refractivity contribution in [2.75, 3.05) is 32.8 Å². The lowest BCUT2D eigenvalue weighted by molar-refractivity contribution is 0.104. The van der Waals surface area contributed by atoms with Gasteiger partial charge in [-0.25, -0.2) is 0 Å². The number of hydrogen-bond acceptors (Lipinski definition) is 3. The summed E-state index contributed by atoms with van der Waals surface area (Å²) in [4.78, 5) is 5.14. The van der Waals surface area contributed by atoms with Crippen LogP contribution in [-0.2, 0) is 6.54 Å². The largest absolute Gasteiger partial charge is 0.396 e. The van der Waals surface area contributed by atoms with Gasteiger partial charge in [-0.05, 0) is 57.2 Å². The van der Waals surface area contributed by atoms with E-state index in [4.69, 9.17) is 0 Å². The number of piperidine rings is 1. The Hall–Kier alpha value is -0.900. The molecule has 1 aliphatic rings. The Morgan fingerprint density at radius 3 is 2.35 bits per heavy atom. The van der Waals surface area contributed by atoms with Crippen LogP contribution >= 0.6 is 0 Å². The van der Waals surface area contributed by atoms with Crippen LogP contribution in [0.5, 0.6) is 0 Å². The molecule has 0 radical (unpaired) electrons. The average Bonchev–Trinajstić information content (AvgIpc) is 2.56. The van der Waals surface area contributed by atoms with Crippen LogP contribution in [0.2, 0.25) is 0 Å². The highest BCUT2D eigenvalue weighted by Gasteiger charge is 2.23. The summed E-state index contributed by atoms with van der Waals surface area (Å²) in [6, 6.07) is 11.4. The molecule has 3 nitrogen and oxygen atoms in total. The van der Waals surface area contributed by atoms with E-state index in [9.17, 15) is 5.11 Å². The smallest absolute Gasteiger partial charge is 0.0468 e. The lowest BCUT2D eigenvalue weighted by Crippen LogP contribution is -2.42. The minimum Gasteiger partial charge on any atom is -0.396 e. The number of rotatable bonds is 8. The zero-order valence-electron chi connectivity index (χ0n) is 15.1. The second kappa shape index (κ2) is 9.41. The molecular weight excluding hydrogens is 284 g/mol. The molecule has 0 amide bonds. The highest BCUT2D eigenvalue weighted by atomic mass is 16.3. The molecule has 1 heterocycles. The molecule has 1 saturated heterocycles. The van der Waals surface area contributed by atoms with Crippen molar-refractivity contribution in [2.24, 2.45) is 11.8 Å². The minimum atomic E-state index is 0.275. The SMILES string of the molecule is CC(CO)CN(Cc1ccccc1)CC1CCN(C(C)C)CC1. The zero-order valence-corrected chi connectivity index (χ0v) is 15.1.